The molecule has 5 heteroatoms. The van der Waals surface area contributed by atoms with Crippen LogP contribution >= 0.6 is 0 Å². The summed E-state index contributed by atoms with van der Waals surface area (Å²) in [5.41, 5.74) is 3.71. The number of carbonyl (C=O) groups is 2. The first kappa shape index (κ1) is 17.1. The van der Waals surface area contributed by atoms with E-state index in [4.69, 9.17) is 0 Å². The zero-order valence-electron chi connectivity index (χ0n) is 14.4. The zero-order chi connectivity index (χ0) is 17.8. The normalized spacial score (nSPS) is 13.2. The van der Waals surface area contributed by atoms with E-state index in [1.54, 1.807) is 19.3 Å². The van der Waals surface area contributed by atoms with Gasteiger partial charge in [0, 0.05) is 37.7 Å². The second-order valence-electron chi connectivity index (χ2n) is 6.53. The minimum Gasteiger partial charge on any atom is -0.325 e. The lowest BCUT2D eigenvalue weighted by Crippen LogP contribution is -2.18. The number of nitrogens with one attached hydrogen (secondary N) is 1. The minimum atomic E-state index is -0.232. The molecule has 1 N–H and O–H groups in total. The number of amides is 1. The van der Waals surface area contributed by atoms with Gasteiger partial charge < -0.3 is 9.88 Å². The molecule has 0 radical (unpaired) electrons. The van der Waals surface area contributed by atoms with E-state index >= 15 is 0 Å². The second-order valence-corrected chi connectivity index (χ2v) is 6.53. The van der Waals surface area contributed by atoms with Crippen LogP contribution in [0.5, 0.6) is 0 Å². The predicted octanol–water partition coefficient (Wildman–Crippen LogP) is 2.87. The Kier molecular flexibility index (Phi) is 5.12. The Morgan fingerprint density at radius 3 is 2.56 bits per heavy atom. The van der Waals surface area contributed by atoms with Crippen LogP contribution in [0.3, 0.4) is 0 Å². The van der Waals surface area contributed by atoms with Crippen molar-refractivity contribution < 1.29 is 9.59 Å². The van der Waals surface area contributed by atoms with Gasteiger partial charge in [-0.15, -0.1) is 0 Å². The maximum atomic E-state index is 12.4. The lowest BCUT2D eigenvalue weighted by atomic mass is 9.89. The predicted molar refractivity (Wildman–Crippen MR) is 97.0 cm³/mol. The van der Waals surface area contributed by atoms with Gasteiger partial charge >= 0.3 is 0 Å². The van der Waals surface area contributed by atoms with Gasteiger partial charge in [0.2, 0.25) is 11.5 Å². The first-order chi connectivity index (χ1) is 12.0. The number of hydrogen-bond donors (Lipinski definition) is 1. The van der Waals surface area contributed by atoms with E-state index in [-0.39, 0.29) is 30.1 Å². The Labute approximate surface area is 146 Å². The van der Waals surface area contributed by atoms with Gasteiger partial charge in [0.1, 0.15) is 0 Å². The highest BCUT2D eigenvalue weighted by molar-refractivity contribution is 6.00. The number of aryl methyl sites for hydroxylation is 3. The third kappa shape index (κ3) is 4.24. The Morgan fingerprint density at radius 1 is 1.04 bits per heavy atom. The molecule has 0 saturated carbocycles. The second kappa shape index (κ2) is 7.47. The van der Waals surface area contributed by atoms with Gasteiger partial charge in [-0.05, 0) is 48.9 Å². The zero-order valence-corrected chi connectivity index (χ0v) is 14.4. The highest BCUT2D eigenvalue weighted by atomic mass is 16.2. The Morgan fingerprint density at radius 2 is 1.80 bits per heavy atom. The number of fused-ring (bicyclic) bond motifs is 1. The summed E-state index contributed by atoms with van der Waals surface area (Å²) in [6, 6.07) is 8.87. The first-order valence-corrected chi connectivity index (χ1v) is 8.64. The Bertz CT molecular complexity index is 867. The van der Waals surface area contributed by atoms with E-state index in [1.165, 1.54) is 34.6 Å². The maximum Gasteiger partial charge on any atom is 0.250 e. The molecule has 1 aliphatic carbocycles. The van der Waals surface area contributed by atoms with Gasteiger partial charge in [-0.25, -0.2) is 0 Å². The number of ketones is 1. The molecular weight excluding hydrogens is 316 g/mol. The molecule has 0 fully saturated rings. The highest BCUT2D eigenvalue weighted by Gasteiger charge is 2.14. The molecule has 0 aliphatic heterocycles. The molecule has 1 amide bonds. The van der Waals surface area contributed by atoms with Crippen LogP contribution in [-0.4, -0.2) is 16.3 Å². The highest BCUT2D eigenvalue weighted by Crippen LogP contribution is 2.23. The fraction of sp³-hybridized carbons (Fsp3) is 0.350. The van der Waals surface area contributed by atoms with E-state index < -0.39 is 0 Å². The van der Waals surface area contributed by atoms with Crippen LogP contribution in [0.25, 0.3) is 0 Å². The van der Waals surface area contributed by atoms with Crippen molar-refractivity contribution in [1.82, 2.24) is 4.57 Å². The topological polar surface area (TPSA) is 68.2 Å². The molecule has 0 spiro atoms. The molecule has 2 aromatic rings. The number of hydrogen-bond acceptors (Lipinski definition) is 3. The molecular formula is C20H22N2O3. The van der Waals surface area contributed by atoms with Crippen LogP contribution in [0.15, 0.2) is 41.3 Å². The van der Waals surface area contributed by atoms with Crippen molar-refractivity contribution in [1.29, 1.82) is 0 Å². The van der Waals surface area contributed by atoms with Crippen molar-refractivity contribution in [3.05, 3.63) is 63.6 Å². The Balaban J connectivity index is 1.57. The molecule has 1 heterocycles. The average Bonchev–Trinajstić information content (AvgIpc) is 2.62. The fourth-order valence-corrected chi connectivity index (χ4v) is 3.17. The molecule has 1 aromatic heterocycles. The molecule has 0 atom stereocenters. The van der Waals surface area contributed by atoms with Gasteiger partial charge in [0.05, 0.1) is 5.69 Å². The molecule has 0 bridgehead atoms. The molecule has 1 aliphatic rings. The van der Waals surface area contributed by atoms with Crippen molar-refractivity contribution in [2.45, 2.75) is 38.5 Å². The molecule has 3 rings (SSSR count). The van der Waals surface area contributed by atoms with Crippen molar-refractivity contribution in [3.8, 4) is 0 Å². The van der Waals surface area contributed by atoms with Gasteiger partial charge in [0.15, 0.2) is 5.78 Å². The SMILES string of the molecule is Cn1cc(NC(=O)CCC(=O)c2ccc3c(c2)CCCC3)ccc1=O. The number of pyridine rings is 1. The number of nitrogens with zero attached hydrogens (tertiary/aromatic N) is 1. The lowest BCUT2D eigenvalue weighted by Gasteiger charge is -2.16. The third-order valence-corrected chi connectivity index (χ3v) is 4.62. The first-order valence-electron chi connectivity index (χ1n) is 8.64. The van der Waals surface area contributed by atoms with Gasteiger partial charge in [-0.3, -0.25) is 14.4 Å². The number of rotatable bonds is 5. The van der Waals surface area contributed by atoms with E-state index in [1.807, 2.05) is 18.2 Å². The molecule has 0 unspecified atom stereocenters. The van der Waals surface area contributed by atoms with Crippen LogP contribution < -0.4 is 10.9 Å². The molecule has 5 nitrogen and oxygen atoms in total. The number of Topliss-reactive ketones (excluding diaryl/α,β-unsaturated/α-hetero) is 1. The quantitative estimate of drug-likeness (QED) is 0.853. The van der Waals surface area contributed by atoms with E-state index in [9.17, 15) is 14.4 Å². The molecule has 130 valence electrons. The summed E-state index contributed by atoms with van der Waals surface area (Å²) in [6.45, 7) is 0. The minimum absolute atomic E-state index is 0.0102. The fourth-order valence-electron chi connectivity index (χ4n) is 3.17. The van der Waals surface area contributed by atoms with Crippen molar-refractivity contribution >= 4 is 17.4 Å². The largest absolute Gasteiger partial charge is 0.325 e. The van der Waals surface area contributed by atoms with Gasteiger partial charge in [-0.1, -0.05) is 12.1 Å². The summed E-state index contributed by atoms with van der Waals surface area (Å²) in [5, 5.41) is 2.72. The molecule has 0 saturated heterocycles. The summed E-state index contributed by atoms with van der Waals surface area (Å²) in [7, 11) is 1.62. The van der Waals surface area contributed by atoms with Gasteiger partial charge in [0.25, 0.3) is 0 Å². The Hall–Kier alpha value is -2.69. The van der Waals surface area contributed by atoms with E-state index in [0.717, 1.165) is 12.8 Å². The molecule has 1 aromatic carbocycles. The number of benzene rings is 1. The summed E-state index contributed by atoms with van der Waals surface area (Å²) in [5.74, 6) is -0.242. The van der Waals surface area contributed by atoms with E-state index in [2.05, 4.69) is 5.32 Å². The van der Waals surface area contributed by atoms with Gasteiger partial charge in [-0.2, -0.15) is 0 Å². The number of carbonyl (C=O) groups excluding carboxylic acids is 2. The van der Waals surface area contributed by atoms with Crippen molar-refractivity contribution in [2.75, 3.05) is 5.32 Å². The summed E-state index contributed by atoms with van der Waals surface area (Å²) in [6.07, 6.45) is 6.37. The maximum absolute atomic E-state index is 12.4. The third-order valence-electron chi connectivity index (χ3n) is 4.62. The van der Waals surface area contributed by atoms with Crippen molar-refractivity contribution in [2.24, 2.45) is 7.05 Å². The lowest BCUT2D eigenvalue weighted by molar-refractivity contribution is -0.116. The smallest absolute Gasteiger partial charge is 0.250 e. The number of aromatic nitrogens is 1. The number of anilines is 1. The molecule has 25 heavy (non-hydrogen) atoms. The average molecular weight is 338 g/mol. The summed E-state index contributed by atoms with van der Waals surface area (Å²) >= 11 is 0. The van der Waals surface area contributed by atoms with E-state index in [0.29, 0.717) is 11.3 Å². The van der Waals surface area contributed by atoms with Crippen LogP contribution in [0, 0.1) is 0 Å². The monoisotopic (exact) mass is 338 g/mol. The van der Waals surface area contributed by atoms with Crippen molar-refractivity contribution in [3.63, 3.8) is 0 Å². The standard InChI is InChI=1S/C20H22N2O3/c1-22-13-17(8-11-20(22)25)21-19(24)10-9-18(23)16-7-6-14-4-2-3-5-15(14)12-16/h6-8,11-13H,2-5,9-10H2,1H3,(H,21,24). The summed E-state index contributed by atoms with van der Waals surface area (Å²) < 4.78 is 1.40. The van der Waals surface area contributed by atoms with Crippen LogP contribution in [-0.2, 0) is 24.7 Å². The van der Waals surface area contributed by atoms with Crippen LogP contribution in [0.4, 0.5) is 5.69 Å². The summed E-state index contributed by atoms with van der Waals surface area (Å²) in [4.78, 5) is 35.7. The van der Waals surface area contributed by atoms with Crippen LogP contribution in [0.2, 0.25) is 0 Å². The van der Waals surface area contributed by atoms with Crippen LogP contribution in [0.1, 0.15) is 47.2 Å².